The van der Waals surface area contributed by atoms with E-state index in [1.54, 1.807) is 12.1 Å². The molecule has 1 atom stereocenters. The molecule has 25 heavy (non-hydrogen) atoms. The second kappa shape index (κ2) is 8.78. The molecule has 1 aliphatic heterocycles. The van der Waals surface area contributed by atoms with E-state index in [0.29, 0.717) is 31.2 Å². The van der Waals surface area contributed by atoms with E-state index in [1.165, 1.54) is 22.9 Å². The molecule has 0 saturated carbocycles. The van der Waals surface area contributed by atoms with Gasteiger partial charge in [0.2, 0.25) is 10.0 Å². The minimum Gasteiger partial charge on any atom is -0.350 e. The molecule has 1 heterocycles. The van der Waals surface area contributed by atoms with Gasteiger partial charge in [-0.05, 0) is 50.2 Å². The zero-order valence-electron chi connectivity index (χ0n) is 15.4. The molecule has 140 valence electrons. The van der Waals surface area contributed by atoms with Crippen molar-refractivity contribution < 1.29 is 13.2 Å². The van der Waals surface area contributed by atoms with Gasteiger partial charge in [-0.2, -0.15) is 4.31 Å². The second-order valence-corrected chi connectivity index (χ2v) is 8.19. The Morgan fingerprint density at radius 2 is 1.84 bits per heavy atom. The summed E-state index contributed by atoms with van der Waals surface area (Å²) < 4.78 is 26.3. The van der Waals surface area contributed by atoms with E-state index >= 15 is 0 Å². The number of hydrogen-bond acceptors (Lipinski definition) is 4. The summed E-state index contributed by atoms with van der Waals surface area (Å²) >= 11 is 0. The molecule has 0 spiro atoms. The van der Waals surface area contributed by atoms with Crippen LogP contribution in [0.15, 0.2) is 29.2 Å². The number of carbonyl (C=O) groups excluding carboxylic acids is 1. The number of sulfonamides is 1. The number of nitrogens with one attached hydrogen (secondary N) is 1. The van der Waals surface area contributed by atoms with Crippen LogP contribution in [0.4, 0.5) is 0 Å². The van der Waals surface area contributed by atoms with Crippen molar-refractivity contribution in [2.24, 2.45) is 0 Å². The number of carbonyl (C=O) groups is 1. The predicted molar refractivity (Wildman–Crippen MR) is 99.2 cm³/mol. The fourth-order valence-corrected chi connectivity index (χ4v) is 4.80. The van der Waals surface area contributed by atoms with Gasteiger partial charge < -0.3 is 5.32 Å². The van der Waals surface area contributed by atoms with Crippen molar-refractivity contribution in [3.05, 3.63) is 29.8 Å². The SMILES string of the molecule is CCN1CCCC1CNC(=O)c1ccc(S(=O)(=O)N(CC)CC)cc1. The second-order valence-electron chi connectivity index (χ2n) is 6.25. The molecule has 1 amide bonds. The van der Waals surface area contributed by atoms with E-state index < -0.39 is 10.0 Å². The molecule has 0 radical (unpaired) electrons. The maximum Gasteiger partial charge on any atom is 0.251 e. The first kappa shape index (κ1) is 19.9. The van der Waals surface area contributed by atoms with Gasteiger partial charge in [0.15, 0.2) is 0 Å². The van der Waals surface area contributed by atoms with Gasteiger partial charge in [-0.1, -0.05) is 20.8 Å². The Labute approximate surface area is 151 Å². The molecular formula is C18H29N3O3S. The number of likely N-dealkylation sites (N-methyl/N-ethyl adjacent to an activating group) is 1. The van der Waals surface area contributed by atoms with Crippen LogP contribution in [-0.4, -0.2) is 62.3 Å². The van der Waals surface area contributed by atoms with Crippen molar-refractivity contribution in [3.63, 3.8) is 0 Å². The molecule has 1 unspecified atom stereocenters. The lowest BCUT2D eigenvalue weighted by atomic mass is 10.2. The third-order valence-electron chi connectivity index (χ3n) is 4.86. The molecule has 1 N–H and O–H groups in total. The summed E-state index contributed by atoms with van der Waals surface area (Å²) in [5.74, 6) is -0.158. The Morgan fingerprint density at radius 3 is 2.40 bits per heavy atom. The summed E-state index contributed by atoms with van der Waals surface area (Å²) in [7, 11) is -3.48. The van der Waals surface area contributed by atoms with Crippen molar-refractivity contribution >= 4 is 15.9 Å². The lowest BCUT2D eigenvalue weighted by molar-refractivity contribution is 0.0941. The van der Waals surface area contributed by atoms with Crippen LogP contribution in [-0.2, 0) is 10.0 Å². The van der Waals surface area contributed by atoms with Crippen molar-refractivity contribution in [3.8, 4) is 0 Å². The topological polar surface area (TPSA) is 69.7 Å². The van der Waals surface area contributed by atoms with Crippen molar-refractivity contribution in [1.29, 1.82) is 0 Å². The molecule has 1 aliphatic rings. The molecular weight excluding hydrogens is 338 g/mol. The van der Waals surface area contributed by atoms with E-state index in [-0.39, 0.29) is 10.8 Å². The van der Waals surface area contributed by atoms with Gasteiger partial charge in [0.1, 0.15) is 0 Å². The third kappa shape index (κ3) is 4.59. The Bertz CT molecular complexity index is 669. The first-order valence-corrected chi connectivity index (χ1v) is 10.5. The molecule has 7 heteroatoms. The number of amides is 1. The van der Waals surface area contributed by atoms with E-state index in [9.17, 15) is 13.2 Å². The number of likely N-dealkylation sites (tertiary alicyclic amines) is 1. The van der Waals surface area contributed by atoms with Crippen LogP contribution in [0.2, 0.25) is 0 Å². The van der Waals surface area contributed by atoms with Crippen LogP contribution >= 0.6 is 0 Å². The van der Waals surface area contributed by atoms with Gasteiger partial charge in [-0.3, -0.25) is 9.69 Å². The Morgan fingerprint density at radius 1 is 1.20 bits per heavy atom. The summed E-state index contributed by atoms with van der Waals surface area (Å²) in [5, 5.41) is 2.97. The third-order valence-corrected chi connectivity index (χ3v) is 6.93. The molecule has 1 saturated heterocycles. The van der Waals surface area contributed by atoms with Crippen LogP contribution in [0.5, 0.6) is 0 Å². The molecule has 1 aromatic carbocycles. The lowest BCUT2D eigenvalue weighted by Gasteiger charge is -2.23. The summed E-state index contributed by atoms with van der Waals surface area (Å²) in [5.41, 5.74) is 0.486. The van der Waals surface area contributed by atoms with E-state index in [0.717, 1.165) is 19.5 Å². The van der Waals surface area contributed by atoms with Crippen molar-refractivity contribution in [2.75, 3.05) is 32.7 Å². The summed E-state index contributed by atoms with van der Waals surface area (Å²) in [6.07, 6.45) is 2.28. The molecule has 1 aromatic rings. The summed E-state index contributed by atoms with van der Waals surface area (Å²) in [6.45, 7) is 9.33. The molecule has 6 nitrogen and oxygen atoms in total. The van der Waals surface area contributed by atoms with E-state index in [4.69, 9.17) is 0 Å². The highest BCUT2D eigenvalue weighted by Gasteiger charge is 2.24. The quantitative estimate of drug-likeness (QED) is 0.762. The van der Waals surface area contributed by atoms with Crippen LogP contribution in [0.25, 0.3) is 0 Å². The first-order valence-electron chi connectivity index (χ1n) is 9.06. The highest BCUT2D eigenvalue weighted by molar-refractivity contribution is 7.89. The maximum atomic E-state index is 12.5. The standard InChI is InChI=1S/C18H29N3O3S/c1-4-20-13-7-8-16(20)14-19-18(22)15-9-11-17(12-10-15)25(23,24)21(5-2)6-3/h9-12,16H,4-8,13-14H2,1-3H3,(H,19,22). The average molecular weight is 368 g/mol. The molecule has 2 rings (SSSR count). The zero-order valence-corrected chi connectivity index (χ0v) is 16.2. The fourth-order valence-electron chi connectivity index (χ4n) is 3.35. The Kier molecular flexibility index (Phi) is 6.98. The van der Waals surface area contributed by atoms with Gasteiger partial charge in [-0.15, -0.1) is 0 Å². The monoisotopic (exact) mass is 367 g/mol. The average Bonchev–Trinajstić information content (AvgIpc) is 3.08. The van der Waals surface area contributed by atoms with Gasteiger partial charge in [-0.25, -0.2) is 8.42 Å². The Balaban J connectivity index is 2.00. The minimum absolute atomic E-state index is 0.158. The Hall–Kier alpha value is -1.44. The fraction of sp³-hybridized carbons (Fsp3) is 0.611. The smallest absolute Gasteiger partial charge is 0.251 e. The number of benzene rings is 1. The zero-order chi connectivity index (χ0) is 18.4. The highest BCUT2D eigenvalue weighted by Crippen LogP contribution is 2.17. The normalized spacial score (nSPS) is 18.6. The van der Waals surface area contributed by atoms with E-state index in [2.05, 4.69) is 17.1 Å². The predicted octanol–water partition coefficient (Wildman–Crippen LogP) is 1.93. The first-order chi connectivity index (χ1) is 11.9. The van der Waals surface area contributed by atoms with E-state index in [1.807, 2.05) is 13.8 Å². The number of hydrogen-bond donors (Lipinski definition) is 1. The molecule has 0 aromatic heterocycles. The largest absolute Gasteiger partial charge is 0.350 e. The van der Waals surface area contributed by atoms with Crippen LogP contribution in [0.1, 0.15) is 44.0 Å². The molecule has 1 fully saturated rings. The van der Waals surface area contributed by atoms with Crippen molar-refractivity contribution in [2.45, 2.75) is 44.6 Å². The van der Waals surface area contributed by atoms with Crippen LogP contribution in [0, 0.1) is 0 Å². The summed E-state index contributed by atoms with van der Waals surface area (Å²) in [6, 6.07) is 6.58. The lowest BCUT2D eigenvalue weighted by Crippen LogP contribution is -2.40. The molecule has 0 bridgehead atoms. The number of rotatable bonds is 8. The van der Waals surface area contributed by atoms with Crippen molar-refractivity contribution in [1.82, 2.24) is 14.5 Å². The maximum absolute atomic E-state index is 12.5. The highest BCUT2D eigenvalue weighted by atomic mass is 32.2. The van der Waals surface area contributed by atoms with Gasteiger partial charge in [0.25, 0.3) is 5.91 Å². The van der Waals surface area contributed by atoms with Gasteiger partial charge in [0, 0.05) is 31.2 Å². The van der Waals surface area contributed by atoms with Gasteiger partial charge in [0.05, 0.1) is 4.90 Å². The molecule has 0 aliphatic carbocycles. The summed E-state index contributed by atoms with van der Waals surface area (Å²) in [4.78, 5) is 14.9. The van der Waals surface area contributed by atoms with Crippen LogP contribution in [0.3, 0.4) is 0 Å². The number of nitrogens with zero attached hydrogens (tertiary/aromatic N) is 2. The minimum atomic E-state index is -3.48. The van der Waals surface area contributed by atoms with Gasteiger partial charge >= 0.3 is 0 Å². The van der Waals surface area contributed by atoms with Crippen LogP contribution < -0.4 is 5.32 Å².